The van der Waals surface area contributed by atoms with Gasteiger partial charge in [-0.2, -0.15) is 0 Å². The van der Waals surface area contributed by atoms with Crippen molar-refractivity contribution in [3.05, 3.63) is 29.8 Å². The molecule has 1 aliphatic heterocycles. The van der Waals surface area contributed by atoms with E-state index in [4.69, 9.17) is 10.5 Å². The van der Waals surface area contributed by atoms with Gasteiger partial charge in [-0.05, 0) is 38.3 Å². The molecule has 1 aromatic rings. The van der Waals surface area contributed by atoms with Crippen LogP contribution in [0.2, 0.25) is 0 Å². The van der Waals surface area contributed by atoms with Gasteiger partial charge in [0.1, 0.15) is 5.75 Å². The molecule has 2 atom stereocenters. The van der Waals surface area contributed by atoms with Gasteiger partial charge in [0.05, 0.1) is 12.2 Å². The number of nitrogens with zero attached hydrogens (tertiary/aromatic N) is 2. The Morgan fingerprint density at radius 3 is 2.44 bits per heavy atom. The first kappa shape index (κ1) is 21.5. The summed E-state index contributed by atoms with van der Waals surface area (Å²) in [6.45, 7) is 4.73. The summed E-state index contributed by atoms with van der Waals surface area (Å²) in [6, 6.07) is 7.49. The summed E-state index contributed by atoms with van der Waals surface area (Å²) in [4.78, 5) is 29.3. The van der Waals surface area contributed by atoms with Crippen molar-refractivity contribution < 1.29 is 14.3 Å². The summed E-state index contributed by atoms with van der Waals surface area (Å²) in [5.74, 6) is 0.859. The summed E-state index contributed by atoms with van der Waals surface area (Å²) in [5, 5.41) is 0. The number of nitrogens with two attached hydrogens (primary N) is 1. The number of halogens is 1. The summed E-state index contributed by atoms with van der Waals surface area (Å²) < 4.78 is 5.57. The summed E-state index contributed by atoms with van der Waals surface area (Å²) in [5.41, 5.74) is 6.61. The first-order valence-electron chi connectivity index (χ1n) is 9.65. The predicted molar refractivity (Wildman–Crippen MR) is 107 cm³/mol. The van der Waals surface area contributed by atoms with Crippen LogP contribution in [0.4, 0.5) is 0 Å². The highest BCUT2D eigenvalue weighted by molar-refractivity contribution is 5.97. The first-order valence-corrected chi connectivity index (χ1v) is 9.65. The lowest BCUT2D eigenvalue weighted by molar-refractivity contribution is -0.138. The number of hydrogen-bond acceptors (Lipinski definition) is 4. The Kier molecular flexibility index (Phi) is 7.92. The fourth-order valence-electron chi connectivity index (χ4n) is 3.94. The Bertz CT molecular complexity index is 647. The minimum atomic E-state index is -0.0270. The van der Waals surface area contributed by atoms with Crippen LogP contribution in [0.5, 0.6) is 5.75 Å². The van der Waals surface area contributed by atoms with Crippen LogP contribution in [-0.4, -0.2) is 60.4 Å². The zero-order valence-corrected chi connectivity index (χ0v) is 16.7. The van der Waals surface area contributed by atoms with Crippen LogP contribution in [0.15, 0.2) is 24.3 Å². The van der Waals surface area contributed by atoms with Gasteiger partial charge in [0.25, 0.3) is 5.91 Å². The summed E-state index contributed by atoms with van der Waals surface area (Å²) >= 11 is 0. The number of benzene rings is 1. The number of ether oxygens (including phenoxy) is 1. The largest absolute Gasteiger partial charge is 0.493 e. The van der Waals surface area contributed by atoms with Gasteiger partial charge >= 0.3 is 0 Å². The average molecular weight is 396 g/mol. The Morgan fingerprint density at radius 2 is 1.78 bits per heavy atom. The second kappa shape index (κ2) is 9.95. The van der Waals surface area contributed by atoms with Crippen molar-refractivity contribution in [2.24, 2.45) is 11.7 Å². The van der Waals surface area contributed by atoms with Crippen molar-refractivity contribution in [2.75, 3.05) is 32.8 Å². The van der Waals surface area contributed by atoms with E-state index in [9.17, 15) is 9.59 Å². The molecule has 2 N–H and O–H groups in total. The zero-order chi connectivity index (χ0) is 18.5. The molecule has 1 aromatic carbocycles. The number of piperazine rings is 1. The fraction of sp³-hybridized carbons (Fsp3) is 0.600. The molecule has 6 nitrogen and oxygen atoms in total. The van der Waals surface area contributed by atoms with Crippen LogP contribution in [-0.2, 0) is 4.79 Å². The highest BCUT2D eigenvalue weighted by Gasteiger charge is 2.32. The lowest BCUT2D eigenvalue weighted by Gasteiger charge is -2.38. The van der Waals surface area contributed by atoms with Crippen LogP contribution in [0.25, 0.3) is 0 Å². The highest BCUT2D eigenvalue weighted by Crippen LogP contribution is 2.26. The van der Waals surface area contributed by atoms with Gasteiger partial charge in [0, 0.05) is 38.1 Å². The van der Waals surface area contributed by atoms with E-state index < -0.39 is 0 Å². The molecule has 1 saturated heterocycles. The molecular formula is C20H30ClN3O3. The Balaban J connectivity index is 0.00000261. The van der Waals surface area contributed by atoms with Crippen LogP contribution in [0, 0.1) is 5.92 Å². The molecule has 2 aliphatic rings. The van der Waals surface area contributed by atoms with Gasteiger partial charge in [0.2, 0.25) is 5.91 Å². The van der Waals surface area contributed by atoms with Crippen molar-refractivity contribution in [2.45, 2.75) is 38.6 Å². The molecule has 150 valence electrons. The third-order valence-corrected chi connectivity index (χ3v) is 5.36. The molecule has 2 amide bonds. The molecule has 0 aromatic heterocycles. The minimum absolute atomic E-state index is 0. The normalized spacial score (nSPS) is 22.7. The van der Waals surface area contributed by atoms with Gasteiger partial charge in [-0.3, -0.25) is 9.59 Å². The van der Waals surface area contributed by atoms with E-state index >= 15 is 0 Å². The minimum Gasteiger partial charge on any atom is -0.493 e. The quantitative estimate of drug-likeness (QED) is 0.848. The average Bonchev–Trinajstić information content (AvgIpc) is 2.68. The number of para-hydroxylation sites is 1. The fourth-order valence-corrected chi connectivity index (χ4v) is 3.94. The number of hydrogen-bond donors (Lipinski definition) is 1. The number of carbonyl (C=O) groups excluding carboxylic acids is 2. The maximum atomic E-state index is 12.8. The van der Waals surface area contributed by atoms with Gasteiger partial charge in [-0.1, -0.05) is 18.6 Å². The summed E-state index contributed by atoms with van der Waals surface area (Å²) in [7, 11) is 0. The molecule has 1 aliphatic carbocycles. The van der Waals surface area contributed by atoms with E-state index in [1.165, 1.54) is 0 Å². The molecule has 1 heterocycles. The molecule has 2 unspecified atom stereocenters. The maximum Gasteiger partial charge on any atom is 0.257 e. The van der Waals surface area contributed by atoms with E-state index in [-0.39, 0.29) is 36.2 Å². The van der Waals surface area contributed by atoms with Crippen LogP contribution in [0.1, 0.15) is 43.0 Å². The Labute approximate surface area is 167 Å². The molecule has 0 spiro atoms. The van der Waals surface area contributed by atoms with Gasteiger partial charge < -0.3 is 20.3 Å². The highest BCUT2D eigenvalue weighted by atomic mass is 35.5. The van der Waals surface area contributed by atoms with Crippen LogP contribution < -0.4 is 10.5 Å². The SMILES string of the molecule is CCOc1ccccc1C(=O)N1CCN(C(=O)C2CCCC(N)C2)CC1.Cl. The predicted octanol–water partition coefficient (Wildman–Crippen LogP) is 2.31. The van der Waals surface area contributed by atoms with Crippen molar-refractivity contribution in [1.29, 1.82) is 0 Å². The van der Waals surface area contributed by atoms with Gasteiger partial charge in [0.15, 0.2) is 0 Å². The molecule has 2 fully saturated rings. The van der Waals surface area contributed by atoms with Crippen molar-refractivity contribution >= 4 is 24.2 Å². The standard InChI is InChI=1S/C20H29N3O3.ClH/c1-2-26-18-9-4-3-8-17(18)20(25)23-12-10-22(11-13-23)19(24)15-6-5-7-16(21)14-15;/h3-4,8-9,15-16H,2,5-7,10-14,21H2,1H3;1H. The maximum absolute atomic E-state index is 12.8. The van der Waals surface area contributed by atoms with E-state index in [1.54, 1.807) is 6.07 Å². The molecule has 27 heavy (non-hydrogen) atoms. The monoisotopic (exact) mass is 395 g/mol. The number of carbonyl (C=O) groups is 2. The van der Waals surface area contributed by atoms with Gasteiger partial charge in [-0.25, -0.2) is 0 Å². The summed E-state index contributed by atoms with van der Waals surface area (Å²) in [6.07, 6.45) is 3.78. The van der Waals surface area contributed by atoms with Crippen molar-refractivity contribution in [1.82, 2.24) is 9.80 Å². The van der Waals surface area contributed by atoms with Crippen molar-refractivity contribution in [3.8, 4) is 5.75 Å². The van der Waals surface area contributed by atoms with E-state index in [0.717, 1.165) is 25.7 Å². The lowest BCUT2D eigenvalue weighted by atomic mass is 9.85. The Morgan fingerprint density at radius 1 is 1.11 bits per heavy atom. The third kappa shape index (κ3) is 5.14. The topological polar surface area (TPSA) is 75.9 Å². The smallest absolute Gasteiger partial charge is 0.257 e. The van der Waals surface area contributed by atoms with Gasteiger partial charge in [-0.15, -0.1) is 12.4 Å². The number of amides is 2. The van der Waals surface area contributed by atoms with E-state index in [0.29, 0.717) is 44.1 Å². The lowest BCUT2D eigenvalue weighted by Crippen LogP contribution is -2.52. The number of rotatable bonds is 4. The second-order valence-electron chi connectivity index (χ2n) is 7.17. The van der Waals surface area contributed by atoms with Crippen molar-refractivity contribution in [3.63, 3.8) is 0 Å². The van der Waals surface area contributed by atoms with Crippen LogP contribution in [0.3, 0.4) is 0 Å². The van der Waals surface area contributed by atoms with E-state index in [1.807, 2.05) is 34.9 Å². The Hall–Kier alpha value is -1.79. The molecule has 1 saturated carbocycles. The molecule has 0 bridgehead atoms. The molecule has 0 radical (unpaired) electrons. The zero-order valence-electron chi connectivity index (χ0n) is 15.9. The second-order valence-corrected chi connectivity index (χ2v) is 7.17. The molecular weight excluding hydrogens is 366 g/mol. The first-order chi connectivity index (χ1) is 12.6. The third-order valence-electron chi connectivity index (χ3n) is 5.36. The molecule has 7 heteroatoms. The van der Waals surface area contributed by atoms with Crippen LogP contribution >= 0.6 is 12.4 Å². The van der Waals surface area contributed by atoms with E-state index in [2.05, 4.69) is 0 Å². The molecule has 3 rings (SSSR count).